The lowest BCUT2D eigenvalue weighted by Gasteiger charge is -2.35. The van der Waals surface area contributed by atoms with E-state index in [4.69, 9.17) is 14.6 Å². The van der Waals surface area contributed by atoms with Crippen molar-refractivity contribution in [3.63, 3.8) is 0 Å². The van der Waals surface area contributed by atoms with Gasteiger partial charge < -0.3 is 25.2 Å². The van der Waals surface area contributed by atoms with Gasteiger partial charge in [0.1, 0.15) is 12.7 Å². The van der Waals surface area contributed by atoms with Crippen molar-refractivity contribution in [1.82, 2.24) is 10.6 Å². The molecule has 0 radical (unpaired) electrons. The van der Waals surface area contributed by atoms with Crippen LogP contribution in [-0.4, -0.2) is 55.0 Å². The Labute approximate surface area is 204 Å². The number of carbonyl (C=O) groups is 3. The second-order valence-corrected chi connectivity index (χ2v) is 9.69. The fourth-order valence-electron chi connectivity index (χ4n) is 5.55. The molecule has 1 saturated carbocycles. The van der Waals surface area contributed by atoms with Crippen molar-refractivity contribution in [2.75, 3.05) is 19.8 Å². The van der Waals surface area contributed by atoms with Gasteiger partial charge in [-0.05, 0) is 47.4 Å². The van der Waals surface area contributed by atoms with E-state index in [1.54, 1.807) is 0 Å². The molecule has 2 aromatic rings. The number of amides is 2. The Morgan fingerprint density at radius 2 is 1.66 bits per heavy atom. The maximum absolute atomic E-state index is 12.7. The summed E-state index contributed by atoms with van der Waals surface area (Å²) >= 11 is 0. The highest BCUT2D eigenvalue weighted by Gasteiger charge is 2.38. The normalized spacial score (nSPS) is 24.7. The van der Waals surface area contributed by atoms with Gasteiger partial charge in [0, 0.05) is 37.5 Å². The molecule has 184 valence electrons. The van der Waals surface area contributed by atoms with E-state index < -0.39 is 18.2 Å². The summed E-state index contributed by atoms with van der Waals surface area (Å²) < 4.78 is 11.2. The summed E-state index contributed by atoms with van der Waals surface area (Å²) in [7, 11) is 0. The fourth-order valence-corrected chi connectivity index (χ4v) is 5.55. The molecule has 0 spiro atoms. The van der Waals surface area contributed by atoms with E-state index in [0.717, 1.165) is 11.1 Å². The molecule has 8 heteroatoms. The zero-order valence-corrected chi connectivity index (χ0v) is 19.4. The molecule has 35 heavy (non-hydrogen) atoms. The smallest absolute Gasteiger partial charge is 0.407 e. The molecule has 5 rings (SSSR count). The van der Waals surface area contributed by atoms with Crippen LogP contribution < -0.4 is 10.6 Å². The monoisotopic (exact) mass is 478 g/mol. The third-order valence-corrected chi connectivity index (χ3v) is 7.37. The first-order chi connectivity index (χ1) is 17.0. The third kappa shape index (κ3) is 5.03. The molecule has 1 aliphatic heterocycles. The number of hydrogen-bond acceptors (Lipinski definition) is 5. The molecule has 8 nitrogen and oxygen atoms in total. The Morgan fingerprint density at radius 3 is 2.31 bits per heavy atom. The van der Waals surface area contributed by atoms with Crippen LogP contribution in [-0.2, 0) is 19.1 Å². The van der Waals surface area contributed by atoms with Gasteiger partial charge in [-0.3, -0.25) is 9.59 Å². The van der Waals surface area contributed by atoms with Crippen LogP contribution in [0.2, 0.25) is 0 Å². The van der Waals surface area contributed by atoms with Crippen LogP contribution >= 0.6 is 0 Å². The molecule has 2 atom stereocenters. The number of carbonyl (C=O) groups excluding carboxylic acids is 2. The zero-order chi connectivity index (χ0) is 24.4. The van der Waals surface area contributed by atoms with E-state index in [-0.39, 0.29) is 42.7 Å². The Bertz CT molecular complexity index is 1070. The maximum atomic E-state index is 12.7. The molecule has 2 aromatic carbocycles. The number of nitrogens with one attached hydrogen (secondary N) is 2. The first-order valence-corrected chi connectivity index (χ1v) is 12.2. The van der Waals surface area contributed by atoms with Crippen molar-refractivity contribution in [2.24, 2.45) is 11.8 Å². The van der Waals surface area contributed by atoms with Crippen molar-refractivity contribution in [3.05, 3.63) is 59.7 Å². The number of benzene rings is 2. The summed E-state index contributed by atoms with van der Waals surface area (Å²) in [5.41, 5.74) is 4.66. The molecule has 1 heterocycles. The predicted octanol–water partition coefficient (Wildman–Crippen LogP) is 3.30. The topological polar surface area (TPSA) is 114 Å². The highest BCUT2D eigenvalue weighted by molar-refractivity contribution is 5.82. The second kappa shape index (κ2) is 10.1. The second-order valence-electron chi connectivity index (χ2n) is 9.69. The van der Waals surface area contributed by atoms with Gasteiger partial charge in [0.15, 0.2) is 0 Å². The maximum Gasteiger partial charge on any atom is 0.407 e. The first-order valence-electron chi connectivity index (χ1n) is 12.2. The van der Waals surface area contributed by atoms with Crippen molar-refractivity contribution in [2.45, 2.75) is 43.7 Å². The van der Waals surface area contributed by atoms with Crippen LogP contribution in [0, 0.1) is 11.8 Å². The lowest BCUT2D eigenvalue weighted by atomic mass is 9.78. The van der Waals surface area contributed by atoms with Gasteiger partial charge in [0.05, 0.1) is 0 Å². The molecular formula is C27H30N2O6. The van der Waals surface area contributed by atoms with Crippen LogP contribution in [0.4, 0.5) is 4.79 Å². The number of carboxylic acids is 1. The van der Waals surface area contributed by atoms with Gasteiger partial charge in [-0.25, -0.2) is 4.79 Å². The van der Waals surface area contributed by atoms with Gasteiger partial charge in [-0.15, -0.1) is 0 Å². The number of carboxylic acid groups (broad SMARTS) is 1. The van der Waals surface area contributed by atoms with Crippen molar-refractivity contribution < 1.29 is 29.0 Å². The highest BCUT2D eigenvalue weighted by atomic mass is 16.5. The minimum atomic E-state index is -0.807. The highest BCUT2D eigenvalue weighted by Crippen LogP contribution is 2.44. The Morgan fingerprint density at radius 1 is 1.00 bits per heavy atom. The summed E-state index contributed by atoms with van der Waals surface area (Å²) in [4.78, 5) is 35.9. The molecule has 2 amide bonds. The van der Waals surface area contributed by atoms with E-state index >= 15 is 0 Å². The number of alkyl carbamates (subject to hydrolysis) is 1. The number of fused-ring (bicyclic) bond motifs is 3. The summed E-state index contributed by atoms with van der Waals surface area (Å²) in [5, 5.41) is 14.6. The largest absolute Gasteiger partial charge is 0.481 e. The van der Waals surface area contributed by atoms with E-state index in [1.165, 1.54) is 11.1 Å². The summed E-state index contributed by atoms with van der Waals surface area (Å²) in [6.07, 6.45) is 1.03. The zero-order valence-electron chi connectivity index (χ0n) is 19.4. The Hall–Kier alpha value is -3.39. The van der Waals surface area contributed by atoms with Crippen molar-refractivity contribution >= 4 is 18.0 Å². The molecule has 2 fully saturated rings. The number of ether oxygens (including phenoxy) is 2. The quantitative estimate of drug-likeness (QED) is 0.537. The lowest BCUT2D eigenvalue weighted by Crippen LogP contribution is -2.50. The molecular weight excluding hydrogens is 448 g/mol. The van der Waals surface area contributed by atoms with Crippen LogP contribution in [0.3, 0.4) is 0 Å². The van der Waals surface area contributed by atoms with Gasteiger partial charge >= 0.3 is 12.1 Å². The average molecular weight is 479 g/mol. The first kappa shape index (κ1) is 23.4. The van der Waals surface area contributed by atoms with E-state index in [0.29, 0.717) is 32.4 Å². The number of hydrogen-bond donors (Lipinski definition) is 3. The van der Waals surface area contributed by atoms with Crippen LogP contribution in [0.5, 0.6) is 0 Å². The van der Waals surface area contributed by atoms with Gasteiger partial charge in [-0.2, -0.15) is 0 Å². The Balaban J connectivity index is 1.09. The summed E-state index contributed by atoms with van der Waals surface area (Å²) in [6, 6.07) is 16.4. The van der Waals surface area contributed by atoms with Crippen LogP contribution in [0.1, 0.15) is 42.7 Å². The summed E-state index contributed by atoms with van der Waals surface area (Å²) in [6.45, 7) is 0.993. The molecule has 0 bridgehead atoms. The van der Waals surface area contributed by atoms with E-state index in [1.807, 2.05) is 24.3 Å². The van der Waals surface area contributed by atoms with Crippen LogP contribution in [0.15, 0.2) is 48.5 Å². The van der Waals surface area contributed by atoms with E-state index in [2.05, 4.69) is 34.9 Å². The molecule has 1 saturated heterocycles. The molecule has 3 aliphatic rings. The predicted molar refractivity (Wildman–Crippen MR) is 128 cm³/mol. The Kier molecular flexibility index (Phi) is 6.72. The van der Waals surface area contributed by atoms with Gasteiger partial charge in [0.25, 0.3) is 0 Å². The minimum absolute atomic E-state index is 0.00563. The van der Waals surface area contributed by atoms with E-state index in [9.17, 15) is 14.4 Å². The van der Waals surface area contributed by atoms with Crippen molar-refractivity contribution in [1.29, 1.82) is 0 Å². The summed E-state index contributed by atoms with van der Waals surface area (Å²) in [5.74, 6) is -1.02. The average Bonchev–Trinajstić information content (AvgIpc) is 3.42. The molecule has 3 N–H and O–H groups in total. The standard InChI is InChI=1S/C27H30N2O6/c30-24(31)13-16-11-18(12-16)29-26(32)25-17(9-10-34-25)14-28-27(33)35-15-23-21-7-3-1-5-19(21)20-6-2-4-8-22(20)23/h1-8,16-18,23,25H,9-15H2,(H,28,33)(H,29,32)(H,30,31). The van der Waals surface area contributed by atoms with Gasteiger partial charge in [-0.1, -0.05) is 48.5 Å². The van der Waals surface area contributed by atoms with Crippen molar-refractivity contribution in [3.8, 4) is 11.1 Å². The third-order valence-electron chi connectivity index (χ3n) is 7.37. The molecule has 2 aliphatic carbocycles. The SMILES string of the molecule is O=C(O)CC1CC(NC(=O)C2OCCC2CNC(=O)OCC2c3ccccc3-c3ccccc32)C1. The fraction of sp³-hybridized carbons (Fsp3) is 0.444. The lowest BCUT2D eigenvalue weighted by molar-refractivity contribution is -0.139. The number of aliphatic carboxylic acids is 1. The van der Waals surface area contributed by atoms with Crippen LogP contribution in [0.25, 0.3) is 11.1 Å². The molecule has 2 unspecified atom stereocenters. The number of rotatable bonds is 8. The molecule has 0 aromatic heterocycles. The minimum Gasteiger partial charge on any atom is -0.481 e. The van der Waals surface area contributed by atoms with Gasteiger partial charge in [0.2, 0.25) is 5.91 Å².